The van der Waals surface area contributed by atoms with Crippen molar-refractivity contribution < 1.29 is 9.13 Å². The first-order valence-corrected chi connectivity index (χ1v) is 5.98. The number of pyridine rings is 1. The predicted octanol–water partition coefficient (Wildman–Crippen LogP) is 2.85. The lowest BCUT2D eigenvalue weighted by Crippen LogP contribution is -2.12. The highest BCUT2D eigenvalue weighted by Crippen LogP contribution is 2.23. The largest absolute Gasteiger partial charge is 0.486 e. The van der Waals surface area contributed by atoms with Crippen molar-refractivity contribution in [2.24, 2.45) is 5.84 Å². The molecule has 18 heavy (non-hydrogen) atoms. The van der Waals surface area contributed by atoms with E-state index in [9.17, 15) is 4.39 Å². The van der Waals surface area contributed by atoms with Gasteiger partial charge < -0.3 is 10.2 Å². The van der Waals surface area contributed by atoms with Gasteiger partial charge in [-0.1, -0.05) is 22.0 Å². The van der Waals surface area contributed by atoms with E-state index in [-0.39, 0.29) is 12.4 Å². The van der Waals surface area contributed by atoms with E-state index in [1.165, 1.54) is 6.07 Å². The summed E-state index contributed by atoms with van der Waals surface area (Å²) in [5, 5.41) is 0. The van der Waals surface area contributed by atoms with E-state index in [1.807, 2.05) is 0 Å². The summed E-state index contributed by atoms with van der Waals surface area (Å²) in [4.78, 5) is 4.03. The molecule has 0 aliphatic carbocycles. The molecule has 0 spiro atoms. The van der Waals surface area contributed by atoms with Crippen molar-refractivity contribution in [3.63, 3.8) is 0 Å². The molecule has 1 aromatic heterocycles. The number of aromatic nitrogens is 1. The van der Waals surface area contributed by atoms with E-state index >= 15 is 0 Å². The minimum atomic E-state index is -0.413. The molecule has 1 heterocycles. The van der Waals surface area contributed by atoms with Gasteiger partial charge in [0, 0.05) is 16.2 Å². The first-order chi connectivity index (χ1) is 8.70. The van der Waals surface area contributed by atoms with Crippen molar-refractivity contribution in [2.45, 2.75) is 6.61 Å². The normalized spacial score (nSPS) is 10.2. The minimum Gasteiger partial charge on any atom is -0.486 e. The van der Waals surface area contributed by atoms with Crippen molar-refractivity contribution in [3.8, 4) is 5.75 Å². The average Bonchev–Trinajstić information content (AvgIpc) is 2.40. The van der Waals surface area contributed by atoms with Gasteiger partial charge in [0.25, 0.3) is 0 Å². The molecule has 0 saturated heterocycles. The number of nitrogens with one attached hydrogen (secondary N) is 1. The van der Waals surface area contributed by atoms with Crippen LogP contribution >= 0.6 is 15.9 Å². The van der Waals surface area contributed by atoms with Gasteiger partial charge in [-0.05, 0) is 24.3 Å². The van der Waals surface area contributed by atoms with E-state index in [0.29, 0.717) is 5.82 Å². The first-order valence-electron chi connectivity index (χ1n) is 5.19. The van der Waals surface area contributed by atoms with Crippen LogP contribution in [-0.2, 0) is 6.61 Å². The fourth-order valence-corrected chi connectivity index (χ4v) is 1.77. The Morgan fingerprint density at radius 1 is 1.39 bits per heavy atom. The number of halogens is 2. The average molecular weight is 312 g/mol. The molecule has 0 amide bonds. The summed E-state index contributed by atoms with van der Waals surface area (Å²) in [5.41, 5.74) is 3.21. The van der Waals surface area contributed by atoms with Gasteiger partial charge in [0.2, 0.25) is 0 Å². The third-order valence-corrected chi connectivity index (χ3v) is 2.80. The summed E-state index contributed by atoms with van der Waals surface area (Å²) >= 11 is 3.26. The third kappa shape index (κ3) is 2.96. The van der Waals surface area contributed by atoms with Crippen LogP contribution < -0.4 is 16.0 Å². The van der Waals surface area contributed by atoms with Crippen LogP contribution in [0, 0.1) is 5.82 Å². The number of nitrogens with zero attached hydrogens (tertiary/aromatic N) is 1. The van der Waals surface area contributed by atoms with E-state index in [1.54, 1.807) is 30.5 Å². The molecule has 0 radical (unpaired) electrons. The molecule has 0 saturated carbocycles. The summed E-state index contributed by atoms with van der Waals surface area (Å²) in [6.07, 6.45) is 1.61. The van der Waals surface area contributed by atoms with Crippen LogP contribution in [0.5, 0.6) is 5.75 Å². The molecule has 6 heteroatoms. The number of ether oxygens (including phenoxy) is 1. The molecule has 3 N–H and O–H groups in total. The van der Waals surface area contributed by atoms with E-state index in [4.69, 9.17) is 10.6 Å². The molecule has 0 aliphatic rings. The lowest BCUT2D eigenvalue weighted by Gasteiger charge is -2.10. The van der Waals surface area contributed by atoms with Gasteiger partial charge in [-0.15, -0.1) is 0 Å². The van der Waals surface area contributed by atoms with Crippen LogP contribution in [0.25, 0.3) is 0 Å². The fraction of sp³-hybridized carbons (Fsp3) is 0.0833. The second-order valence-electron chi connectivity index (χ2n) is 3.52. The van der Waals surface area contributed by atoms with Gasteiger partial charge in [-0.3, -0.25) is 0 Å². The lowest BCUT2D eigenvalue weighted by atomic mass is 10.2. The van der Waals surface area contributed by atoms with Crippen molar-refractivity contribution in [1.29, 1.82) is 0 Å². The highest BCUT2D eigenvalue weighted by molar-refractivity contribution is 9.10. The fourth-order valence-electron chi connectivity index (χ4n) is 1.43. The molecule has 2 rings (SSSR count). The molecule has 1 aromatic carbocycles. The van der Waals surface area contributed by atoms with Crippen molar-refractivity contribution in [3.05, 3.63) is 52.4 Å². The standard InChI is InChI=1S/C12H11BrFN3O/c13-9-3-4-10(14)11(6-9)18-7-8-2-1-5-16-12(8)17-15/h1-6H,7,15H2,(H,16,17). The Bertz CT molecular complexity index is 551. The monoisotopic (exact) mass is 311 g/mol. The highest BCUT2D eigenvalue weighted by atomic mass is 79.9. The number of benzene rings is 1. The molecule has 0 unspecified atom stereocenters. The van der Waals surface area contributed by atoms with Crippen LogP contribution in [0.2, 0.25) is 0 Å². The van der Waals surface area contributed by atoms with Crippen LogP contribution in [0.3, 0.4) is 0 Å². The SMILES string of the molecule is NNc1ncccc1COc1cc(Br)ccc1F. The first kappa shape index (κ1) is 12.8. The van der Waals surface area contributed by atoms with E-state index < -0.39 is 5.82 Å². The summed E-state index contributed by atoms with van der Waals surface area (Å²) in [6, 6.07) is 8.08. The molecule has 0 bridgehead atoms. The molecular weight excluding hydrogens is 301 g/mol. The molecule has 2 aromatic rings. The van der Waals surface area contributed by atoms with Gasteiger partial charge >= 0.3 is 0 Å². The lowest BCUT2D eigenvalue weighted by molar-refractivity contribution is 0.290. The second kappa shape index (κ2) is 5.79. The molecule has 0 atom stereocenters. The van der Waals surface area contributed by atoms with E-state index in [0.717, 1.165) is 10.0 Å². The Kier molecular flexibility index (Phi) is 4.11. The van der Waals surface area contributed by atoms with E-state index in [2.05, 4.69) is 26.3 Å². The Morgan fingerprint density at radius 2 is 2.22 bits per heavy atom. The van der Waals surface area contributed by atoms with Crippen LogP contribution in [-0.4, -0.2) is 4.98 Å². The molecule has 0 fully saturated rings. The van der Waals surface area contributed by atoms with Crippen LogP contribution in [0.1, 0.15) is 5.56 Å². The number of hydrogen-bond acceptors (Lipinski definition) is 4. The minimum absolute atomic E-state index is 0.177. The van der Waals surface area contributed by atoms with Crippen molar-refractivity contribution in [1.82, 2.24) is 4.98 Å². The topological polar surface area (TPSA) is 60.2 Å². The number of nitrogen functional groups attached to an aromatic ring is 1. The van der Waals surface area contributed by atoms with Gasteiger partial charge in [-0.25, -0.2) is 15.2 Å². The molecule has 0 aliphatic heterocycles. The zero-order valence-electron chi connectivity index (χ0n) is 9.36. The van der Waals surface area contributed by atoms with Gasteiger partial charge in [0.15, 0.2) is 11.6 Å². The number of hydrazine groups is 1. The maximum atomic E-state index is 13.5. The number of nitrogens with two attached hydrogens (primary N) is 1. The van der Waals surface area contributed by atoms with Crippen LogP contribution in [0.15, 0.2) is 41.0 Å². The summed E-state index contributed by atoms with van der Waals surface area (Å²) in [5.74, 6) is 5.60. The smallest absolute Gasteiger partial charge is 0.165 e. The van der Waals surface area contributed by atoms with Crippen LogP contribution in [0.4, 0.5) is 10.2 Å². The zero-order valence-corrected chi connectivity index (χ0v) is 10.9. The maximum Gasteiger partial charge on any atom is 0.165 e. The third-order valence-electron chi connectivity index (χ3n) is 2.30. The van der Waals surface area contributed by atoms with Gasteiger partial charge in [-0.2, -0.15) is 0 Å². The predicted molar refractivity (Wildman–Crippen MR) is 70.5 cm³/mol. The summed E-state index contributed by atoms with van der Waals surface area (Å²) in [7, 11) is 0. The highest BCUT2D eigenvalue weighted by Gasteiger charge is 2.07. The zero-order chi connectivity index (χ0) is 13.0. The molecule has 94 valence electrons. The number of rotatable bonds is 4. The molecular formula is C12H11BrFN3O. The summed E-state index contributed by atoms with van der Waals surface area (Å²) < 4.78 is 19.6. The Balaban J connectivity index is 2.14. The summed E-state index contributed by atoms with van der Waals surface area (Å²) in [6.45, 7) is 0.181. The maximum absolute atomic E-state index is 13.5. The van der Waals surface area contributed by atoms with Crippen molar-refractivity contribution >= 4 is 21.7 Å². The molecule has 4 nitrogen and oxygen atoms in total. The number of anilines is 1. The Labute approximate surface area is 112 Å². The van der Waals surface area contributed by atoms with Gasteiger partial charge in [0.1, 0.15) is 12.4 Å². The Morgan fingerprint density at radius 3 is 3.00 bits per heavy atom. The van der Waals surface area contributed by atoms with Crippen molar-refractivity contribution in [2.75, 3.05) is 5.43 Å². The van der Waals surface area contributed by atoms with Gasteiger partial charge in [0.05, 0.1) is 0 Å². The quantitative estimate of drug-likeness (QED) is 0.673. The Hall–Kier alpha value is -1.66. The second-order valence-corrected chi connectivity index (χ2v) is 4.43. The number of hydrogen-bond donors (Lipinski definition) is 2.